The first kappa shape index (κ1) is 19.8. The molecule has 0 aromatic heterocycles. The summed E-state index contributed by atoms with van der Waals surface area (Å²) in [4.78, 5) is 25.8. The van der Waals surface area contributed by atoms with Gasteiger partial charge in [0.1, 0.15) is 11.3 Å². The Hall–Kier alpha value is -2.24. The van der Waals surface area contributed by atoms with Gasteiger partial charge < -0.3 is 19.7 Å². The van der Waals surface area contributed by atoms with Crippen LogP contribution < -0.4 is 15.0 Å². The van der Waals surface area contributed by atoms with Crippen molar-refractivity contribution in [3.63, 3.8) is 0 Å². The summed E-state index contributed by atoms with van der Waals surface area (Å²) in [6.07, 6.45) is 1.87. The quantitative estimate of drug-likeness (QED) is 0.552. The van der Waals surface area contributed by atoms with Crippen LogP contribution in [0.15, 0.2) is 12.1 Å². The van der Waals surface area contributed by atoms with E-state index in [0.29, 0.717) is 23.6 Å². The molecule has 0 fully saturated rings. The summed E-state index contributed by atoms with van der Waals surface area (Å²) < 4.78 is 10.6. The Morgan fingerprint density at radius 1 is 1.17 bits per heavy atom. The number of carbonyl (C=O) groups is 2. The number of benzene rings is 1. The minimum atomic E-state index is -0.454. The maximum absolute atomic E-state index is 12.1. The number of amides is 1. The zero-order valence-corrected chi connectivity index (χ0v) is 15.3. The summed E-state index contributed by atoms with van der Waals surface area (Å²) in [6, 6.07) is 3.43. The molecule has 0 aliphatic heterocycles. The highest BCUT2D eigenvalue weighted by Gasteiger charge is 2.20. The molecule has 1 aromatic rings. The van der Waals surface area contributed by atoms with Crippen molar-refractivity contribution in [2.45, 2.75) is 40.5 Å². The molecule has 1 rings (SSSR count). The van der Waals surface area contributed by atoms with Crippen LogP contribution in [-0.2, 0) is 9.53 Å². The zero-order chi connectivity index (χ0) is 18.1. The summed E-state index contributed by atoms with van der Waals surface area (Å²) in [5.41, 5.74) is 1.77. The lowest BCUT2D eigenvalue weighted by Gasteiger charge is -2.25. The SMILES string of the molecule is CCCCOc1cc(NC(C)=O)c(N(CC)CC)cc1C(=O)OC. The molecule has 24 heavy (non-hydrogen) atoms. The normalized spacial score (nSPS) is 10.2. The van der Waals surface area contributed by atoms with Crippen molar-refractivity contribution in [1.29, 1.82) is 0 Å². The molecule has 0 aliphatic rings. The van der Waals surface area contributed by atoms with Crippen LogP contribution in [0.3, 0.4) is 0 Å². The fourth-order valence-electron chi connectivity index (χ4n) is 2.40. The van der Waals surface area contributed by atoms with E-state index in [0.717, 1.165) is 31.6 Å². The lowest BCUT2D eigenvalue weighted by Crippen LogP contribution is -2.24. The van der Waals surface area contributed by atoms with Crippen molar-refractivity contribution >= 4 is 23.3 Å². The molecule has 134 valence electrons. The fraction of sp³-hybridized carbons (Fsp3) is 0.556. The van der Waals surface area contributed by atoms with E-state index in [1.165, 1.54) is 14.0 Å². The van der Waals surface area contributed by atoms with Crippen LogP contribution in [0, 0.1) is 0 Å². The van der Waals surface area contributed by atoms with Crippen molar-refractivity contribution < 1.29 is 19.1 Å². The Bertz CT molecular complexity index is 568. The van der Waals surface area contributed by atoms with Gasteiger partial charge >= 0.3 is 5.97 Å². The Balaban J connectivity index is 3.40. The third kappa shape index (κ3) is 5.15. The maximum Gasteiger partial charge on any atom is 0.341 e. The first-order valence-corrected chi connectivity index (χ1v) is 8.40. The van der Waals surface area contributed by atoms with Gasteiger partial charge in [-0.05, 0) is 26.3 Å². The van der Waals surface area contributed by atoms with E-state index >= 15 is 0 Å². The summed E-state index contributed by atoms with van der Waals surface area (Å²) in [7, 11) is 1.34. The Kier molecular flexibility index (Phi) is 8.09. The van der Waals surface area contributed by atoms with Gasteiger partial charge in [-0.15, -0.1) is 0 Å². The number of methoxy groups -OCH3 is 1. The van der Waals surface area contributed by atoms with Crippen molar-refractivity contribution in [3.8, 4) is 5.75 Å². The molecule has 6 heteroatoms. The number of anilines is 2. The Morgan fingerprint density at radius 2 is 1.83 bits per heavy atom. The van der Waals surface area contributed by atoms with Crippen LogP contribution in [0.2, 0.25) is 0 Å². The van der Waals surface area contributed by atoms with E-state index in [-0.39, 0.29) is 5.91 Å². The van der Waals surface area contributed by atoms with Crippen LogP contribution in [0.1, 0.15) is 50.9 Å². The lowest BCUT2D eigenvalue weighted by atomic mass is 10.1. The van der Waals surface area contributed by atoms with Crippen LogP contribution in [0.25, 0.3) is 0 Å². The third-order valence-corrected chi connectivity index (χ3v) is 3.67. The summed E-state index contributed by atoms with van der Waals surface area (Å²) in [5.74, 6) is -0.201. The molecule has 1 amide bonds. The van der Waals surface area contributed by atoms with Gasteiger partial charge in [-0.25, -0.2) is 4.79 Å². The second kappa shape index (κ2) is 9.80. The molecule has 6 nitrogen and oxygen atoms in total. The summed E-state index contributed by atoms with van der Waals surface area (Å²) in [6.45, 7) is 9.56. The van der Waals surface area contributed by atoms with Crippen molar-refractivity contribution in [2.24, 2.45) is 0 Å². The summed E-state index contributed by atoms with van der Waals surface area (Å²) >= 11 is 0. The van der Waals surface area contributed by atoms with E-state index in [1.54, 1.807) is 12.1 Å². The third-order valence-electron chi connectivity index (χ3n) is 3.67. The standard InChI is InChI=1S/C18H28N2O4/c1-6-9-10-24-17-12-15(19-13(4)21)16(20(7-2)8-3)11-14(17)18(22)23-5/h11-12H,6-10H2,1-5H3,(H,19,21). The van der Waals surface area contributed by atoms with E-state index in [9.17, 15) is 9.59 Å². The van der Waals surface area contributed by atoms with Crippen LogP contribution in [-0.4, -0.2) is 38.7 Å². The van der Waals surface area contributed by atoms with Gasteiger partial charge in [0.15, 0.2) is 0 Å². The number of carbonyl (C=O) groups excluding carboxylic acids is 2. The molecule has 0 saturated carbocycles. The van der Waals surface area contributed by atoms with Crippen molar-refractivity contribution in [3.05, 3.63) is 17.7 Å². The second-order valence-electron chi connectivity index (χ2n) is 5.41. The number of ether oxygens (including phenoxy) is 2. The fourth-order valence-corrected chi connectivity index (χ4v) is 2.40. The number of nitrogens with zero attached hydrogens (tertiary/aromatic N) is 1. The molecule has 0 saturated heterocycles. The van der Waals surface area contributed by atoms with Crippen LogP contribution in [0.5, 0.6) is 5.75 Å². The Morgan fingerprint density at radius 3 is 2.33 bits per heavy atom. The zero-order valence-electron chi connectivity index (χ0n) is 15.3. The number of esters is 1. The monoisotopic (exact) mass is 336 g/mol. The summed E-state index contributed by atoms with van der Waals surface area (Å²) in [5, 5.41) is 2.82. The number of hydrogen-bond donors (Lipinski definition) is 1. The number of unbranched alkanes of at least 4 members (excludes halogenated alkanes) is 1. The van der Waals surface area contributed by atoms with Gasteiger partial charge in [0.05, 0.1) is 25.1 Å². The predicted molar refractivity (Wildman–Crippen MR) is 96.0 cm³/mol. The number of nitrogens with one attached hydrogen (secondary N) is 1. The average Bonchev–Trinajstić information content (AvgIpc) is 2.56. The van der Waals surface area contributed by atoms with Gasteiger partial charge in [0, 0.05) is 26.1 Å². The van der Waals surface area contributed by atoms with E-state index in [1.807, 2.05) is 13.8 Å². The first-order valence-electron chi connectivity index (χ1n) is 8.40. The van der Waals surface area contributed by atoms with E-state index < -0.39 is 5.97 Å². The van der Waals surface area contributed by atoms with Gasteiger partial charge in [-0.3, -0.25) is 4.79 Å². The molecule has 0 bridgehead atoms. The minimum Gasteiger partial charge on any atom is -0.493 e. The molecule has 1 N–H and O–H groups in total. The van der Waals surface area contributed by atoms with Crippen molar-refractivity contribution in [2.75, 3.05) is 37.0 Å². The topological polar surface area (TPSA) is 67.9 Å². The maximum atomic E-state index is 12.1. The largest absolute Gasteiger partial charge is 0.493 e. The van der Waals surface area contributed by atoms with Gasteiger partial charge in [-0.2, -0.15) is 0 Å². The van der Waals surface area contributed by atoms with Gasteiger partial charge in [0.2, 0.25) is 5.91 Å². The molecule has 0 radical (unpaired) electrons. The molecule has 0 aliphatic carbocycles. The predicted octanol–water partition coefficient (Wildman–Crippen LogP) is 3.46. The van der Waals surface area contributed by atoms with E-state index in [4.69, 9.17) is 9.47 Å². The molecule has 0 unspecified atom stereocenters. The smallest absolute Gasteiger partial charge is 0.341 e. The molecule has 0 atom stereocenters. The number of hydrogen-bond acceptors (Lipinski definition) is 5. The van der Waals surface area contributed by atoms with Crippen LogP contribution >= 0.6 is 0 Å². The molecular formula is C18H28N2O4. The molecule has 0 spiro atoms. The molecule has 1 aromatic carbocycles. The number of rotatable bonds is 9. The van der Waals surface area contributed by atoms with Crippen LogP contribution in [0.4, 0.5) is 11.4 Å². The Labute approximate surface area is 144 Å². The second-order valence-corrected chi connectivity index (χ2v) is 5.41. The van der Waals surface area contributed by atoms with Crippen molar-refractivity contribution in [1.82, 2.24) is 0 Å². The highest BCUT2D eigenvalue weighted by Crippen LogP contribution is 2.34. The highest BCUT2D eigenvalue weighted by molar-refractivity contribution is 5.99. The average molecular weight is 336 g/mol. The highest BCUT2D eigenvalue weighted by atomic mass is 16.5. The van der Waals surface area contributed by atoms with Gasteiger partial charge in [0.25, 0.3) is 0 Å². The molecular weight excluding hydrogens is 308 g/mol. The first-order chi connectivity index (χ1) is 11.5. The lowest BCUT2D eigenvalue weighted by molar-refractivity contribution is -0.114. The molecule has 0 heterocycles. The van der Waals surface area contributed by atoms with Gasteiger partial charge in [-0.1, -0.05) is 13.3 Å². The van der Waals surface area contributed by atoms with E-state index in [2.05, 4.69) is 17.1 Å². The minimum absolute atomic E-state index is 0.172.